The lowest BCUT2D eigenvalue weighted by molar-refractivity contribution is 0.0907. The minimum absolute atomic E-state index is 0.318. The quantitative estimate of drug-likeness (QED) is 0.755. The molecular formula is C15H14F2N2O2. The van der Waals surface area contributed by atoms with E-state index >= 15 is 0 Å². The lowest BCUT2D eigenvalue weighted by Gasteiger charge is -2.17. The highest BCUT2D eigenvalue weighted by Gasteiger charge is 2.22. The summed E-state index contributed by atoms with van der Waals surface area (Å²) >= 11 is 0. The van der Waals surface area contributed by atoms with Crippen LogP contribution in [0.15, 0.2) is 42.5 Å². The van der Waals surface area contributed by atoms with Crippen LogP contribution in [-0.2, 0) is 0 Å². The van der Waals surface area contributed by atoms with Crippen LogP contribution in [-0.4, -0.2) is 17.6 Å². The average Bonchev–Trinajstić information content (AvgIpc) is 2.50. The first kappa shape index (κ1) is 14.9. The zero-order valence-corrected chi connectivity index (χ0v) is 11.0. The molecule has 0 saturated heterocycles. The number of halogens is 2. The van der Waals surface area contributed by atoms with Crippen molar-refractivity contribution in [1.29, 1.82) is 0 Å². The molecule has 4 N–H and O–H groups in total. The van der Waals surface area contributed by atoms with Gasteiger partial charge in [0.05, 0.1) is 18.3 Å². The Morgan fingerprint density at radius 2 is 1.86 bits per heavy atom. The third-order valence-corrected chi connectivity index (χ3v) is 3.04. The van der Waals surface area contributed by atoms with Gasteiger partial charge in [0.15, 0.2) is 5.82 Å². The maximum atomic E-state index is 13.8. The van der Waals surface area contributed by atoms with Crippen LogP contribution in [0.5, 0.6) is 0 Å². The number of rotatable bonds is 4. The third kappa shape index (κ3) is 3.17. The number of nitrogens with one attached hydrogen (secondary N) is 1. The maximum absolute atomic E-state index is 13.8. The van der Waals surface area contributed by atoms with Crippen LogP contribution in [0.25, 0.3) is 0 Å². The topological polar surface area (TPSA) is 75.4 Å². The van der Waals surface area contributed by atoms with E-state index in [1.54, 1.807) is 30.3 Å². The molecule has 0 aliphatic carbocycles. The molecule has 0 aliphatic rings. The van der Waals surface area contributed by atoms with Gasteiger partial charge in [-0.3, -0.25) is 4.79 Å². The van der Waals surface area contributed by atoms with Crippen molar-refractivity contribution in [3.05, 3.63) is 65.2 Å². The van der Waals surface area contributed by atoms with Gasteiger partial charge in [-0.1, -0.05) is 30.3 Å². The smallest absolute Gasteiger partial charge is 0.257 e. The molecule has 0 spiro atoms. The van der Waals surface area contributed by atoms with E-state index in [1.165, 1.54) is 0 Å². The molecule has 2 aromatic rings. The lowest BCUT2D eigenvalue weighted by Crippen LogP contribution is -2.32. The number of hydrogen-bond donors (Lipinski definition) is 3. The summed E-state index contributed by atoms with van der Waals surface area (Å²) < 4.78 is 27.4. The zero-order valence-electron chi connectivity index (χ0n) is 11.0. The van der Waals surface area contributed by atoms with E-state index < -0.39 is 35.8 Å². The Labute approximate surface area is 120 Å². The number of carbonyl (C=O) groups excluding carboxylic acids is 1. The highest BCUT2D eigenvalue weighted by molar-refractivity contribution is 5.96. The Morgan fingerprint density at radius 1 is 1.19 bits per heavy atom. The van der Waals surface area contributed by atoms with Crippen molar-refractivity contribution in [3.8, 4) is 0 Å². The van der Waals surface area contributed by atoms with E-state index in [0.29, 0.717) is 5.56 Å². The van der Waals surface area contributed by atoms with Crippen molar-refractivity contribution in [2.45, 2.75) is 6.04 Å². The minimum atomic E-state index is -1.11. The monoisotopic (exact) mass is 292 g/mol. The summed E-state index contributed by atoms with van der Waals surface area (Å²) in [4.78, 5) is 12.0. The van der Waals surface area contributed by atoms with Gasteiger partial charge < -0.3 is 16.2 Å². The van der Waals surface area contributed by atoms with Crippen molar-refractivity contribution >= 4 is 11.6 Å². The molecule has 21 heavy (non-hydrogen) atoms. The molecule has 4 nitrogen and oxygen atoms in total. The summed E-state index contributed by atoms with van der Waals surface area (Å²) in [5.41, 5.74) is 4.88. The average molecular weight is 292 g/mol. The summed E-state index contributed by atoms with van der Waals surface area (Å²) in [7, 11) is 0. The Balaban J connectivity index is 2.27. The zero-order chi connectivity index (χ0) is 15.4. The van der Waals surface area contributed by atoms with Crippen molar-refractivity contribution < 1.29 is 18.7 Å². The van der Waals surface area contributed by atoms with Crippen LogP contribution in [0.1, 0.15) is 22.0 Å². The number of amides is 1. The highest BCUT2D eigenvalue weighted by atomic mass is 19.1. The summed E-state index contributed by atoms with van der Waals surface area (Å²) in [6.07, 6.45) is 0. The van der Waals surface area contributed by atoms with E-state index in [2.05, 4.69) is 5.32 Å². The highest BCUT2D eigenvalue weighted by Crippen LogP contribution is 2.20. The van der Waals surface area contributed by atoms with Gasteiger partial charge in [0.2, 0.25) is 0 Å². The van der Waals surface area contributed by atoms with Crippen LogP contribution >= 0.6 is 0 Å². The number of nitrogens with two attached hydrogens (primary N) is 1. The van der Waals surface area contributed by atoms with E-state index in [4.69, 9.17) is 5.73 Å². The summed E-state index contributed by atoms with van der Waals surface area (Å²) in [5, 5.41) is 11.7. The molecule has 1 unspecified atom stereocenters. The number of aliphatic hydroxyl groups excluding tert-OH is 1. The van der Waals surface area contributed by atoms with Gasteiger partial charge in [0.25, 0.3) is 5.91 Å². The fraction of sp³-hybridized carbons (Fsp3) is 0.133. The van der Waals surface area contributed by atoms with E-state index in [9.17, 15) is 18.7 Å². The van der Waals surface area contributed by atoms with Gasteiger partial charge in [-0.05, 0) is 17.7 Å². The van der Waals surface area contributed by atoms with Gasteiger partial charge in [-0.15, -0.1) is 0 Å². The summed E-state index contributed by atoms with van der Waals surface area (Å²) in [6.45, 7) is -0.401. The van der Waals surface area contributed by atoms with Crippen LogP contribution in [0, 0.1) is 11.6 Å². The standard InChI is InChI=1S/C15H14F2N2O2/c16-10-6-7-11(18)14(17)13(10)15(21)19-12(8-20)9-4-2-1-3-5-9/h1-7,12,20H,8,18H2,(H,19,21). The van der Waals surface area contributed by atoms with Crippen molar-refractivity contribution in [1.82, 2.24) is 5.32 Å². The number of nitrogen functional groups attached to an aromatic ring is 1. The molecule has 0 fully saturated rings. The Kier molecular flexibility index (Phi) is 4.49. The van der Waals surface area contributed by atoms with Gasteiger partial charge in [0.1, 0.15) is 11.4 Å². The number of anilines is 1. The maximum Gasteiger partial charge on any atom is 0.257 e. The second-order valence-corrected chi connectivity index (χ2v) is 4.44. The molecular weight excluding hydrogens is 278 g/mol. The van der Waals surface area contributed by atoms with E-state index in [1.807, 2.05) is 0 Å². The number of aliphatic hydroxyl groups is 1. The van der Waals surface area contributed by atoms with Gasteiger partial charge >= 0.3 is 0 Å². The molecule has 2 rings (SSSR count). The molecule has 0 heterocycles. The van der Waals surface area contributed by atoms with Crippen molar-refractivity contribution in [2.24, 2.45) is 0 Å². The van der Waals surface area contributed by atoms with Gasteiger partial charge in [0, 0.05) is 0 Å². The third-order valence-electron chi connectivity index (χ3n) is 3.04. The van der Waals surface area contributed by atoms with Crippen LogP contribution in [0.4, 0.5) is 14.5 Å². The van der Waals surface area contributed by atoms with Gasteiger partial charge in [-0.25, -0.2) is 8.78 Å². The predicted molar refractivity (Wildman–Crippen MR) is 74.5 cm³/mol. The van der Waals surface area contributed by atoms with E-state index in [-0.39, 0.29) is 5.69 Å². The summed E-state index contributed by atoms with van der Waals surface area (Å²) in [5.74, 6) is -3.10. The van der Waals surface area contributed by atoms with Crippen LogP contribution in [0.3, 0.4) is 0 Å². The van der Waals surface area contributed by atoms with E-state index in [0.717, 1.165) is 12.1 Å². The molecule has 1 amide bonds. The second-order valence-electron chi connectivity index (χ2n) is 4.44. The minimum Gasteiger partial charge on any atom is -0.396 e. The van der Waals surface area contributed by atoms with Crippen LogP contribution in [0.2, 0.25) is 0 Å². The first-order chi connectivity index (χ1) is 10.0. The van der Waals surface area contributed by atoms with Crippen LogP contribution < -0.4 is 11.1 Å². The molecule has 1 atom stereocenters. The number of hydrogen-bond acceptors (Lipinski definition) is 3. The Morgan fingerprint density at radius 3 is 2.48 bits per heavy atom. The summed E-state index contributed by atoms with van der Waals surface area (Å²) in [6, 6.07) is 9.81. The molecule has 110 valence electrons. The van der Waals surface area contributed by atoms with Gasteiger partial charge in [-0.2, -0.15) is 0 Å². The van der Waals surface area contributed by atoms with Crippen molar-refractivity contribution in [3.63, 3.8) is 0 Å². The fourth-order valence-electron chi connectivity index (χ4n) is 1.93. The normalized spacial score (nSPS) is 12.0. The SMILES string of the molecule is Nc1ccc(F)c(C(=O)NC(CO)c2ccccc2)c1F. The molecule has 0 aliphatic heterocycles. The Hall–Kier alpha value is -2.47. The largest absolute Gasteiger partial charge is 0.396 e. The molecule has 2 aromatic carbocycles. The predicted octanol–water partition coefficient (Wildman–Crippen LogP) is 2.01. The molecule has 0 radical (unpaired) electrons. The first-order valence-corrected chi connectivity index (χ1v) is 6.24. The fourth-order valence-corrected chi connectivity index (χ4v) is 1.93. The second kappa shape index (κ2) is 6.32. The molecule has 0 bridgehead atoms. The lowest BCUT2D eigenvalue weighted by atomic mass is 10.1. The molecule has 0 aromatic heterocycles. The molecule has 6 heteroatoms. The van der Waals surface area contributed by atoms with Crippen molar-refractivity contribution in [2.75, 3.05) is 12.3 Å². The Bertz CT molecular complexity index is 648. The number of benzene rings is 2. The number of carbonyl (C=O) groups is 1. The molecule has 0 saturated carbocycles. The first-order valence-electron chi connectivity index (χ1n) is 6.24.